The fourth-order valence-corrected chi connectivity index (χ4v) is 1.71. The van der Waals surface area contributed by atoms with E-state index >= 15 is 0 Å². The summed E-state index contributed by atoms with van der Waals surface area (Å²) in [4.78, 5) is 17.7. The molecule has 15 heavy (non-hydrogen) atoms. The van der Waals surface area contributed by atoms with Crippen LogP contribution in [0.1, 0.15) is 15.9 Å². The molecule has 1 aromatic carbocycles. The van der Waals surface area contributed by atoms with Crippen LogP contribution in [-0.4, -0.2) is 21.0 Å². The Morgan fingerprint density at radius 3 is 2.93 bits per heavy atom. The van der Waals surface area contributed by atoms with Gasteiger partial charge in [-0.3, -0.25) is 0 Å². The monoisotopic (exact) mass is 265 g/mol. The molecule has 0 aliphatic heterocycles. The SMILES string of the molecule is N#Cc1cc(C(=O)O)c2nc(Br)[nH]c2c1. The molecule has 0 saturated heterocycles. The summed E-state index contributed by atoms with van der Waals surface area (Å²) in [6.07, 6.45) is 0. The molecule has 0 fully saturated rings. The lowest BCUT2D eigenvalue weighted by Gasteiger charge is -1.96. The van der Waals surface area contributed by atoms with E-state index in [1.54, 1.807) is 6.07 Å². The Morgan fingerprint density at radius 1 is 1.60 bits per heavy atom. The standard InChI is InChI=1S/C9H4BrN3O2/c10-9-12-6-2-4(3-11)1-5(8(14)15)7(6)13-9/h1-2H,(H,12,13)(H,14,15). The number of aromatic carboxylic acids is 1. The summed E-state index contributed by atoms with van der Waals surface area (Å²) in [6, 6.07) is 4.76. The number of carbonyl (C=O) groups is 1. The summed E-state index contributed by atoms with van der Waals surface area (Å²) in [6.45, 7) is 0. The van der Waals surface area contributed by atoms with Gasteiger partial charge in [-0.15, -0.1) is 0 Å². The lowest BCUT2D eigenvalue weighted by atomic mass is 10.1. The molecule has 74 valence electrons. The molecule has 6 heteroatoms. The fraction of sp³-hybridized carbons (Fsp3) is 0. The van der Waals surface area contributed by atoms with Crippen LogP contribution in [0.5, 0.6) is 0 Å². The minimum absolute atomic E-state index is 0.0194. The Morgan fingerprint density at radius 2 is 2.33 bits per heavy atom. The Labute approximate surface area is 92.5 Å². The maximum absolute atomic E-state index is 10.9. The van der Waals surface area contributed by atoms with Gasteiger partial charge in [0.15, 0.2) is 4.73 Å². The first-order valence-electron chi connectivity index (χ1n) is 3.94. The van der Waals surface area contributed by atoms with Gasteiger partial charge in [-0.05, 0) is 28.1 Å². The van der Waals surface area contributed by atoms with Crippen LogP contribution >= 0.6 is 15.9 Å². The smallest absolute Gasteiger partial charge is 0.338 e. The van der Waals surface area contributed by atoms with Crippen molar-refractivity contribution in [2.45, 2.75) is 0 Å². The van der Waals surface area contributed by atoms with Crippen LogP contribution in [-0.2, 0) is 0 Å². The second kappa shape index (κ2) is 3.37. The van der Waals surface area contributed by atoms with E-state index in [4.69, 9.17) is 10.4 Å². The number of H-pyrrole nitrogens is 1. The number of nitrogens with one attached hydrogen (secondary N) is 1. The average Bonchev–Trinajstić information content (AvgIpc) is 2.55. The van der Waals surface area contributed by atoms with Gasteiger partial charge in [-0.2, -0.15) is 5.26 Å². The predicted octanol–water partition coefficient (Wildman–Crippen LogP) is 1.90. The van der Waals surface area contributed by atoms with Crippen molar-refractivity contribution >= 4 is 32.9 Å². The van der Waals surface area contributed by atoms with Crippen molar-refractivity contribution in [2.24, 2.45) is 0 Å². The van der Waals surface area contributed by atoms with Crippen LogP contribution < -0.4 is 0 Å². The quantitative estimate of drug-likeness (QED) is 0.824. The highest BCUT2D eigenvalue weighted by atomic mass is 79.9. The normalized spacial score (nSPS) is 10.1. The minimum atomic E-state index is -1.10. The Bertz CT molecular complexity index is 597. The second-order valence-corrected chi connectivity index (χ2v) is 3.62. The van der Waals surface area contributed by atoms with Gasteiger partial charge >= 0.3 is 5.97 Å². The molecule has 0 saturated carbocycles. The first-order valence-corrected chi connectivity index (χ1v) is 4.74. The summed E-state index contributed by atoms with van der Waals surface area (Å²) in [5, 5.41) is 17.7. The lowest BCUT2D eigenvalue weighted by Crippen LogP contribution is -1.98. The predicted molar refractivity (Wildman–Crippen MR) is 55.5 cm³/mol. The Hall–Kier alpha value is -1.87. The molecule has 2 aromatic rings. The van der Waals surface area contributed by atoms with Crippen molar-refractivity contribution < 1.29 is 9.90 Å². The third-order valence-corrected chi connectivity index (χ3v) is 2.29. The van der Waals surface area contributed by atoms with Gasteiger partial charge in [0.25, 0.3) is 0 Å². The molecule has 0 unspecified atom stereocenters. The van der Waals surface area contributed by atoms with Gasteiger partial charge < -0.3 is 10.1 Å². The summed E-state index contributed by atoms with van der Waals surface area (Å²) < 4.78 is 0.440. The van der Waals surface area contributed by atoms with Crippen LogP contribution in [0.3, 0.4) is 0 Å². The highest BCUT2D eigenvalue weighted by Gasteiger charge is 2.13. The number of nitrogens with zero attached hydrogens (tertiary/aromatic N) is 2. The number of fused-ring (bicyclic) bond motifs is 1. The highest BCUT2D eigenvalue weighted by molar-refractivity contribution is 9.10. The number of benzene rings is 1. The number of imidazole rings is 1. The molecule has 0 atom stereocenters. The molecule has 1 aromatic heterocycles. The van der Waals surface area contributed by atoms with E-state index in [1.165, 1.54) is 6.07 Å². The molecule has 0 spiro atoms. The largest absolute Gasteiger partial charge is 0.478 e. The third kappa shape index (κ3) is 1.57. The number of nitriles is 1. The molecule has 0 radical (unpaired) electrons. The van der Waals surface area contributed by atoms with Crippen LogP contribution in [0.15, 0.2) is 16.9 Å². The zero-order valence-electron chi connectivity index (χ0n) is 7.28. The van der Waals surface area contributed by atoms with Gasteiger partial charge in [0.1, 0.15) is 5.52 Å². The third-order valence-electron chi connectivity index (χ3n) is 1.92. The molecule has 0 aliphatic carbocycles. The summed E-state index contributed by atoms with van der Waals surface area (Å²) >= 11 is 3.11. The first kappa shape index (κ1) is 9.68. The Balaban J connectivity index is 2.87. The molecule has 5 nitrogen and oxygen atoms in total. The highest BCUT2D eigenvalue weighted by Crippen LogP contribution is 2.21. The van der Waals surface area contributed by atoms with Crippen molar-refractivity contribution in [3.63, 3.8) is 0 Å². The van der Waals surface area contributed by atoms with E-state index in [-0.39, 0.29) is 11.1 Å². The van der Waals surface area contributed by atoms with Crippen molar-refractivity contribution in [1.82, 2.24) is 9.97 Å². The number of hydrogen-bond acceptors (Lipinski definition) is 3. The van der Waals surface area contributed by atoms with Gasteiger partial charge in [0, 0.05) is 0 Å². The van der Waals surface area contributed by atoms with E-state index in [2.05, 4.69) is 25.9 Å². The number of halogens is 1. The van der Waals surface area contributed by atoms with Crippen molar-refractivity contribution in [3.05, 3.63) is 28.0 Å². The Kier molecular flexibility index (Phi) is 2.17. The van der Waals surface area contributed by atoms with E-state index in [0.29, 0.717) is 15.8 Å². The van der Waals surface area contributed by atoms with Crippen molar-refractivity contribution in [3.8, 4) is 6.07 Å². The maximum Gasteiger partial charge on any atom is 0.338 e. The molecule has 0 bridgehead atoms. The molecular weight excluding hydrogens is 262 g/mol. The van der Waals surface area contributed by atoms with E-state index < -0.39 is 5.97 Å². The number of aromatic nitrogens is 2. The summed E-state index contributed by atoms with van der Waals surface area (Å²) in [5.74, 6) is -1.10. The number of hydrogen-bond donors (Lipinski definition) is 2. The lowest BCUT2D eigenvalue weighted by molar-refractivity contribution is 0.0699. The minimum Gasteiger partial charge on any atom is -0.478 e. The molecule has 2 N–H and O–H groups in total. The van der Waals surface area contributed by atoms with E-state index in [9.17, 15) is 4.79 Å². The van der Waals surface area contributed by atoms with Crippen molar-refractivity contribution in [1.29, 1.82) is 5.26 Å². The van der Waals surface area contributed by atoms with Gasteiger partial charge in [0.2, 0.25) is 0 Å². The number of carboxylic acid groups (broad SMARTS) is 1. The van der Waals surface area contributed by atoms with Gasteiger partial charge in [0.05, 0.1) is 22.7 Å². The first-order chi connectivity index (χ1) is 7.11. The topological polar surface area (TPSA) is 89.8 Å². The summed E-state index contributed by atoms with van der Waals surface area (Å²) in [7, 11) is 0. The number of aromatic amines is 1. The summed E-state index contributed by atoms with van der Waals surface area (Å²) in [5.41, 5.74) is 1.17. The zero-order valence-corrected chi connectivity index (χ0v) is 8.87. The maximum atomic E-state index is 10.9. The average molecular weight is 266 g/mol. The molecule has 0 aliphatic rings. The number of rotatable bonds is 1. The molecular formula is C9H4BrN3O2. The second-order valence-electron chi connectivity index (χ2n) is 2.86. The molecule has 1 heterocycles. The molecule has 2 rings (SSSR count). The van der Waals surface area contributed by atoms with E-state index in [1.807, 2.05) is 6.07 Å². The van der Waals surface area contributed by atoms with Gasteiger partial charge in [-0.25, -0.2) is 9.78 Å². The van der Waals surface area contributed by atoms with Crippen molar-refractivity contribution in [2.75, 3.05) is 0 Å². The van der Waals surface area contributed by atoms with Crippen LogP contribution in [0.4, 0.5) is 0 Å². The fourth-order valence-electron chi connectivity index (χ4n) is 1.32. The van der Waals surface area contributed by atoms with Crippen LogP contribution in [0.2, 0.25) is 0 Å². The van der Waals surface area contributed by atoms with E-state index in [0.717, 1.165) is 0 Å². The van der Waals surface area contributed by atoms with Crippen LogP contribution in [0, 0.1) is 11.3 Å². The van der Waals surface area contributed by atoms with Crippen LogP contribution in [0.25, 0.3) is 11.0 Å². The number of carboxylic acids is 1. The van der Waals surface area contributed by atoms with Gasteiger partial charge in [-0.1, -0.05) is 0 Å². The molecule has 0 amide bonds. The zero-order chi connectivity index (χ0) is 11.0.